The van der Waals surface area contributed by atoms with E-state index in [1.807, 2.05) is 0 Å². The average molecular weight is 244 g/mol. The molecule has 18 heavy (non-hydrogen) atoms. The van der Waals surface area contributed by atoms with Gasteiger partial charge in [0.2, 0.25) is 0 Å². The molecule has 2 aromatic rings. The summed E-state index contributed by atoms with van der Waals surface area (Å²) in [5, 5.41) is 2.56. The first-order valence-electron chi connectivity index (χ1n) is 5.57. The molecule has 2 rings (SSSR count). The minimum absolute atomic E-state index is 0.161. The Bertz CT molecular complexity index is 579. The first-order chi connectivity index (χ1) is 8.61. The number of aromatic nitrogens is 1. The molecule has 3 nitrogen and oxygen atoms in total. The van der Waals surface area contributed by atoms with Gasteiger partial charge in [-0.15, -0.1) is 0 Å². The van der Waals surface area contributed by atoms with Crippen molar-refractivity contribution in [1.82, 2.24) is 10.3 Å². The fourth-order valence-electron chi connectivity index (χ4n) is 1.72. The van der Waals surface area contributed by atoms with Gasteiger partial charge in [-0.3, -0.25) is 9.78 Å². The zero-order valence-corrected chi connectivity index (χ0v) is 10.2. The lowest BCUT2D eigenvalue weighted by Crippen LogP contribution is -2.19. The smallest absolute Gasteiger partial charge is 0.252 e. The maximum absolute atomic E-state index is 12.8. The van der Waals surface area contributed by atoms with E-state index in [1.54, 1.807) is 38.2 Å². The molecule has 0 saturated heterocycles. The van der Waals surface area contributed by atoms with Crippen LogP contribution in [0.2, 0.25) is 0 Å². The van der Waals surface area contributed by atoms with Gasteiger partial charge in [-0.25, -0.2) is 4.39 Å². The summed E-state index contributed by atoms with van der Waals surface area (Å²) in [7, 11) is 1.58. The Morgan fingerprint density at radius 1 is 1.17 bits per heavy atom. The Morgan fingerprint density at radius 3 is 2.39 bits per heavy atom. The Kier molecular flexibility index (Phi) is 3.37. The summed E-state index contributed by atoms with van der Waals surface area (Å²) in [6, 6.07) is 9.58. The summed E-state index contributed by atoms with van der Waals surface area (Å²) in [6.45, 7) is 1.78. The molecule has 0 bridgehead atoms. The van der Waals surface area contributed by atoms with Crippen LogP contribution in [0.5, 0.6) is 0 Å². The molecule has 0 aliphatic heterocycles. The molecule has 0 radical (unpaired) electrons. The second kappa shape index (κ2) is 4.96. The van der Waals surface area contributed by atoms with Gasteiger partial charge in [-0.05, 0) is 43.3 Å². The number of rotatable bonds is 2. The van der Waals surface area contributed by atoms with Crippen molar-refractivity contribution in [2.24, 2.45) is 0 Å². The third-order valence-electron chi connectivity index (χ3n) is 2.70. The molecular weight excluding hydrogens is 231 g/mol. The van der Waals surface area contributed by atoms with E-state index in [1.165, 1.54) is 12.1 Å². The Hall–Kier alpha value is -2.23. The minimum Gasteiger partial charge on any atom is -0.355 e. The number of carbonyl (C=O) groups excluding carboxylic acids is 1. The van der Waals surface area contributed by atoms with E-state index in [2.05, 4.69) is 10.3 Å². The van der Waals surface area contributed by atoms with Crippen molar-refractivity contribution in [3.05, 3.63) is 53.5 Å². The third-order valence-corrected chi connectivity index (χ3v) is 2.70. The van der Waals surface area contributed by atoms with E-state index in [0.717, 1.165) is 11.3 Å². The topological polar surface area (TPSA) is 42.0 Å². The molecule has 0 aliphatic rings. The first-order valence-corrected chi connectivity index (χ1v) is 5.57. The van der Waals surface area contributed by atoms with Crippen molar-refractivity contribution >= 4 is 5.91 Å². The molecule has 92 valence electrons. The predicted molar refractivity (Wildman–Crippen MR) is 67.8 cm³/mol. The first kappa shape index (κ1) is 12.2. The van der Waals surface area contributed by atoms with Crippen LogP contribution in [0.25, 0.3) is 11.3 Å². The molecule has 0 spiro atoms. The predicted octanol–water partition coefficient (Wildman–Crippen LogP) is 2.56. The normalized spacial score (nSPS) is 10.2. The highest BCUT2D eigenvalue weighted by Crippen LogP contribution is 2.19. The molecule has 0 aliphatic carbocycles. The highest BCUT2D eigenvalue weighted by molar-refractivity contribution is 5.95. The average Bonchev–Trinajstić information content (AvgIpc) is 2.38. The van der Waals surface area contributed by atoms with Crippen molar-refractivity contribution in [2.45, 2.75) is 6.92 Å². The second-order valence-electron chi connectivity index (χ2n) is 3.92. The van der Waals surface area contributed by atoms with Gasteiger partial charge in [0, 0.05) is 12.6 Å². The molecule has 0 fully saturated rings. The maximum atomic E-state index is 12.8. The van der Waals surface area contributed by atoms with Gasteiger partial charge in [0.05, 0.1) is 17.0 Å². The van der Waals surface area contributed by atoms with Crippen molar-refractivity contribution in [2.75, 3.05) is 7.05 Å². The number of carbonyl (C=O) groups is 1. The van der Waals surface area contributed by atoms with Crippen LogP contribution in [-0.4, -0.2) is 17.9 Å². The van der Waals surface area contributed by atoms with Gasteiger partial charge in [-0.1, -0.05) is 0 Å². The number of aryl methyl sites for hydroxylation is 1. The molecule has 4 heteroatoms. The molecule has 0 unspecified atom stereocenters. The fraction of sp³-hybridized carbons (Fsp3) is 0.143. The van der Waals surface area contributed by atoms with E-state index < -0.39 is 0 Å². The van der Waals surface area contributed by atoms with Crippen molar-refractivity contribution < 1.29 is 9.18 Å². The SMILES string of the molecule is CNC(=O)c1ccc(-c2ccc(F)cc2)nc1C. The van der Waals surface area contributed by atoms with E-state index in [-0.39, 0.29) is 11.7 Å². The van der Waals surface area contributed by atoms with E-state index >= 15 is 0 Å². The number of halogens is 1. The number of nitrogens with zero attached hydrogens (tertiary/aromatic N) is 1. The Labute approximate surface area is 105 Å². The van der Waals surface area contributed by atoms with Crippen molar-refractivity contribution in [1.29, 1.82) is 0 Å². The lowest BCUT2D eigenvalue weighted by molar-refractivity contribution is 0.0962. The highest BCUT2D eigenvalue weighted by atomic mass is 19.1. The Balaban J connectivity index is 2.40. The van der Waals surface area contributed by atoms with Crippen molar-refractivity contribution in [3.63, 3.8) is 0 Å². The molecule has 1 N–H and O–H groups in total. The third kappa shape index (κ3) is 2.37. The van der Waals surface area contributed by atoms with Gasteiger partial charge >= 0.3 is 0 Å². The van der Waals surface area contributed by atoms with Gasteiger partial charge in [0.15, 0.2) is 0 Å². The lowest BCUT2D eigenvalue weighted by Gasteiger charge is -2.06. The summed E-state index contributed by atoms with van der Waals surface area (Å²) in [6.07, 6.45) is 0. The van der Waals surface area contributed by atoms with Gasteiger partial charge in [-0.2, -0.15) is 0 Å². The molecule has 1 amide bonds. The number of nitrogens with one attached hydrogen (secondary N) is 1. The minimum atomic E-state index is -0.280. The molecule has 0 saturated carbocycles. The standard InChI is InChI=1S/C14H13FN2O/c1-9-12(14(18)16-2)7-8-13(17-9)10-3-5-11(15)6-4-10/h3-8H,1-2H3,(H,16,18). The van der Waals surface area contributed by atoms with Crippen LogP contribution in [0.1, 0.15) is 16.1 Å². The number of amides is 1. The van der Waals surface area contributed by atoms with Crippen LogP contribution in [0, 0.1) is 12.7 Å². The van der Waals surface area contributed by atoms with E-state index in [9.17, 15) is 9.18 Å². The number of benzene rings is 1. The van der Waals surface area contributed by atoms with Gasteiger partial charge < -0.3 is 5.32 Å². The number of hydrogen-bond donors (Lipinski definition) is 1. The van der Waals surface area contributed by atoms with Gasteiger partial charge in [0.25, 0.3) is 5.91 Å². The summed E-state index contributed by atoms with van der Waals surface area (Å²) in [5.41, 5.74) is 2.74. The van der Waals surface area contributed by atoms with Crippen LogP contribution in [-0.2, 0) is 0 Å². The quantitative estimate of drug-likeness (QED) is 0.882. The summed E-state index contributed by atoms with van der Waals surface area (Å²) < 4.78 is 12.8. The molecule has 1 aromatic heterocycles. The van der Waals surface area contributed by atoms with Crippen LogP contribution in [0.3, 0.4) is 0 Å². The van der Waals surface area contributed by atoms with Crippen LogP contribution < -0.4 is 5.32 Å². The van der Waals surface area contributed by atoms with Crippen LogP contribution >= 0.6 is 0 Å². The number of pyridine rings is 1. The second-order valence-corrected chi connectivity index (χ2v) is 3.92. The van der Waals surface area contributed by atoms with E-state index in [0.29, 0.717) is 11.3 Å². The zero-order valence-electron chi connectivity index (χ0n) is 10.2. The molecule has 1 heterocycles. The van der Waals surface area contributed by atoms with E-state index in [4.69, 9.17) is 0 Å². The highest BCUT2D eigenvalue weighted by Gasteiger charge is 2.09. The van der Waals surface area contributed by atoms with Crippen LogP contribution in [0.4, 0.5) is 4.39 Å². The summed E-state index contributed by atoms with van der Waals surface area (Å²) in [5.74, 6) is -0.442. The maximum Gasteiger partial charge on any atom is 0.252 e. The number of hydrogen-bond acceptors (Lipinski definition) is 2. The lowest BCUT2D eigenvalue weighted by atomic mass is 10.1. The Morgan fingerprint density at radius 2 is 1.83 bits per heavy atom. The van der Waals surface area contributed by atoms with Gasteiger partial charge in [0.1, 0.15) is 5.82 Å². The molecule has 0 atom stereocenters. The van der Waals surface area contributed by atoms with Crippen molar-refractivity contribution in [3.8, 4) is 11.3 Å². The summed E-state index contributed by atoms with van der Waals surface area (Å²) >= 11 is 0. The van der Waals surface area contributed by atoms with Crippen LogP contribution in [0.15, 0.2) is 36.4 Å². The largest absolute Gasteiger partial charge is 0.355 e. The zero-order chi connectivity index (χ0) is 13.1. The summed E-state index contributed by atoms with van der Waals surface area (Å²) in [4.78, 5) is 15.9. The molecule has 1 aromatic carbocycles. The monoisotopic (exact) mass is 244 g/mol. The molecular formula is C14H13FN2O. The fourth-order valence-corrected chi connectivity index (χ4v) is 1.72.